The minimum atomic E-state index is -5.93. The summed E-state index contributed by atoms with van der Waals surface area (Å²) in [5.41, 5.74) is -6.26. The predicted molar refractivity (Wildman–Crippen MR) is 111 cm³/mol. The molecule has 1 heterocycles. The number of benzene rings is 1. The summed E-state index contributed by atoms with van der Waals surface area (Å²) >= 11 is 0. The van der Waals surface area contributed by atoms with Gasteiger partial charge < -0.3 is 13.7 Å². The third-order valence-electron chi connectivity index (χ3n) is 5.61. The SMILES string of the molecule is CC/C(=C/C1(C)[C@H](C(=O)OC)[C@@H](C(=O)OC)CN1Cc1ccccc1)OS(=O)(=O)C(F)(F)F. The highest BCUT2D eigenvalue weighted by Gasteiger charge is 2.57. The zero-order valence-corrected chi connectivity index (χ0v) is 19.4. The van der Waals surface area contributed by atoms with E-state index in [0.29, 0.717) is 0 Å². The number of halogens is 3. The van der Waals surface area contributed by atoms with E-state index in [-0.39, 0.29) is 19.5 Å². The molecule has 0 N–H and O–H groups in total. The number of likely N-dealkylation sites (tertiary alicyclic amines) is 1. The molecular weight excluding hydrogens is 467 g/mol. The van der Waals surface area contributed by atoms with Gasteiger partial charge in [0.2, 0.25) is 0 Å². The van der Waals surface area contributed by atoms with Crippen LogP contribution in [0.25, 0.3) is 0 Å². The molecule has 8 nitrogen and oxygen atoms in total. The average molecular weight is 494 g/mol. The molecule has 0 radical (unpaired) electrons. The number of rotatable bonds is 8. The highest BCUT2D eigenvalue weighted by molar-refractivity contribution is 7.87. The van der Waals surface area contributed by atoms with E-state index in [0.717, 1.165) is 25.9 Å². The van der Waals surface area contributed by atoms with Crippen LogP contribution in [0, 0.1) is 11.8 Å². The second-order valence-electron chi connectivity index (χ2n) is 7.67. The number of alkyl halides is 3. The molecule has 1 unspecified atom stereocenters. The molecule has 12 heteroatoms. The fraction of sp³-hybridized carbons (Fsp3) is 0.524. The van der Waals surface area contributed by atoms with Crippen molar-refractivity contribution in [1.82, 2.24) is 4.90 Å². The quantitative estimate of drug-likeness (QED) is 0.236. The van der Waals surface area contributed by atoms with Crippen LogP contribution in [0.4, 0.5) is 13.2 Å². The first kappa shape index (κ1) is 26.7. The number of ether oxygens (including phenoxy) is 2. The monoisotopic (exact) mass is 493 g/mol. The van der Waals surface area contributed by atoms with Crippen LogP contribution in [0.2, 0.25) is 0 Å². The zero-order valence-electron chi connectivity index (χ0n) is 18.6. The van der Waals surface area contributed by atoms with Crippen molar-refractivity contribution < 1.29 is 44.8 Å². The van der Waals surface area contributed by atoms with E-state index in [1.54, 1.807) is 35.2 Å². The lowest BCUT2D eigenvalue weighted by Gasteiger charge is -2.36. The summed E-state index contributed by atoms with van der Waals surface area (Å²) in [4.78, 5) is 26.9. The van der Waals surface area contributed by atoms with Gasteiger partial charge in [0.15, 0.2) is 0 Å². The molecule has 1 aliphatic heterocycles. The van der Waals surface area contributed by atoms with E-state index >= 15 is 0 Å². The predicted octanol–water partition coefficient (Wildman–Crippen LogP) is 3.00. The van der Waals surface area contributed by atoms with Crippen molar-refractivity contribution in [1.29, 1.82) is 0 Å². The number of hydrogen-bond acceptors (Lipinski definition) is 8. The Kier molecular flexibility index (Phi) is 8.18. The second kappa shape index (κ2) is 10.1. The van der Waals surface area contributed by atoms with Crippen LogP contribution < -0.4 is 0 Å². The van der Waals surface area contributed by atoms with Crippen molar-refractivity contribution >= 4 is 22.1 Å². The minimum absolute atomic E-state index is 0.0113. The molecule has 0 amide bonds. The van der Waals surface area contributed by atoms with Gasteiger partial charge in [-0.25, -0.2) is 0 Å². The Labute approximate surface area is 190 Å². The van der Waals surface area contributed by atoms with Crippen LogP contribution in [0.3, 0.4) is 0 Å². The lowest BCUT2D eigenvalue weighted by molar-refractivity contribution is -0.157. The van der Waals surface area contributed by atoms with E-state index in [1.807, 2.05) is 0 Å². The summed E-state index contributed by atoms with van der Waals surface area (Å²) < 4.78 is 76.0. The second-order valence-corrected chi connectivity index (χ2v) is 9.21. The highest BCUT2D eigenvalue weighted by atomic mass is 32.2. The molecule has 0 spiro atoms. The summed E-state index contributed by atoms with van der Waals surface area (Å²) in [7, 11) is -3.66. The number of hydrogen-bond donors (Lipinski definition) is 0. The van der Waals surface area contributed by atoms with Crippen LogP contribution in [0.1, 0.15) is 25.8 Å². The van der Waals surface area contributed by atoms with Gasteiger partial charge in [-0.2, -0.15) is 21.6 Å². The molecule has 1 aromatic carbocycles. The minimum Gasteiger partial charge on any atom is -0.469 e. The smallest absolute Gasteiger partial charge is 0.469 e. The molecule has 33 heavy (non-hydrogen) atoms. The molecule has 2 rings (SSSR count). The summed E-state index contributed by atoms with van der Waals surface area (Å²) in [5, 5.41) is 0. The normalized spacial score (nSPS) is 24.4. The summed E-state index contributed by atoms with van der Waals surface area (Å²) in [6, 6.07) is 8.96. The van der Waals surface area contributed by atoms with Gasteiger partial charge in [-0.05, 0) is 18.6 Å². The average Bonchev–Trinajstić information content (AvgIpc) is 3.03. The molecule has 0 aliphatic carbocycles. The molecule has 1 aliphatic rings. The van der Waals surface area contributed by atoms with E-state index < -0.39 is 50.7 Å². The zero-order chi connectivity index (χ0) is 25.0. The number of carbonyl (C=O) groups excluding carboxylic acids is 2. The van der Waals surface area contributed by atoms with Gasteiger partial charge in [0.25, 0.3) is 0 Å². The molecule has 3 atom stereocenters. The van der Waals surface area contributed by atoms with Gasteiger partial charge in [-0.15, -0.1) is 0 Å². The first-order chi connectivity index (χ1) is 15.3. The molecule has 1 fully saturated rings. The molecule has 184 valence electrons. The third-order valence-corrected chi connectivity index (χ3v) is 6.61. The number of esters is 2. The fourth-order valence-electron chi connectivity index (χ4n) is 3.95. The standard InChI is InChI=1S/C21H26F3NO7S/c1-5-15(32-33(28,29)21(22,23)24)11-20(2)17(19(27)31-4)16(18(26)30-3)13-25(20)12-14-9-7-6-8-10-14/h6-11,16-17H,5,12-13H2,1-4H3/b15-11-/t16-,17-,20?/m0/s1. The molecule has 0 aromatic heterocycles. The van der Waals surface area contributed by atoms with Crippen LogP contribution in [-0.4, -0.2) is 57.1 Å². The molecule has 1 aromatic rings. The van der Waals surface area contributed by atoms with Gasteiger partial charge in [-0.1, -0.05) is 37.3 Å². The van der Waals surface area contributed by atoms with Crippen LogP contribution in [-0.2, 0) is 39.9 Å². The topological polar surface area (TPSA) is 99.2 Å². The van der Waals surface area contributed by atoms with Crippen molar-refractivity contribution in [2.75, 3.05) is 20.8 Å². The molecule has 0 saturated carbocycles. The molecular formula is C21H26F3NO7S. The van der Waals surface area contributed by atoms with Crippen molar-refractivity contribution in [2.24, 2.45) is 11.8 Å². The first-order valence-corrected chi connectivity index (χ1v) is 11.4. The largest absolute Gasteiger partial charge is 0.534 e. The van der Waals surface area contributed by atoms with Gasteiger partial charge in [0, 0.05) is 19.5 Å². The van der Waals surface area contributed by atoms with E-state index in [2.05, 4.69) is 4.18 Å². The van der Waals surface area contributed by atoms with Gasteiger partial charge in [0.05, 0.1) is 31.6 Å². The Morgan fingerprint density at radius 1 is 1.15 bits per heavy atom. The number of carbonyl (C=O) groups is 2. The Morgan fingerprint density at radius 2 is 1.73 bits per heavy atom. The maximum absolute atomic E-state index is 12.9. The number of nitrogens with zero attached hydrogens (tertiary/aromatic N) is 1. The summed E-state index contributed by atoms with van der Waals surface area (Å²) in [5.74, 6) is -4.23. The summed E-state index contributed by atoms with van der Waals surface area (Å²) in [6.45, 7) is 3.14. The Morgan fingerprint density at radius 3 is 2.21 bits per heavy atom. The lowest BCUT2D eigenvalue weighted by Crippen LogP contribution is -2.47. The van der Waals surface area contributed by atoms with Gasteiger partial charge in [-0.3, -0.25) is 14.5 Å². The van der Waals surface area contributed by atoms with Crippen LogP contribution in [0.5, 0.6) is 0 Å². The lowest BCUT2D eigenvalue weighted by atomic mass is 9.80. The fourth-order valence-corrected chi connectivity index (χ4v) is 4.50. The van der Waals surface area contributed by atoms with E-state index in [1.165, 1.54) is 13.8 Å². The van der Waals surface area contributed by atoms with Crippen LogP contribution in [0.15, 0.2) is 42.2 Å². The molecule has 1 saturated heterocycles. The first-order valence-electron chi connectivity index (χ1n) is 9.97. The Bertz CT molecular complexity index is 995. The maximum Gasteiger partial charge on any atom is 0.534 e. The number of allylic oxidation sites excluding steroid dienone is 1. The molecule has 0 bridgehead atoms. The number of methoxy groups -OCH3 is 2. The van der Waals surface area contributed by atoms with Gasteiger partial charge >= 0.3 is 27.6 Å². The Balaban J connectivity index is 2.62. The van der Waals surface area contributed by atoms with Crippen LogP contribution >= 0.6 is 0 Å². The van der Waals surface area contributed by atoms with Crippen molar-refractivity contribution in [3.63, 3.8) is 0 Å². The Hall–Kier alpha value is -2.60. The van der Waals surface area contributed by atoms with E-state index in [9.17, 15) is 31.2 Å². The van der Waals surface area contributed by atoms with Crippen molar-refractivity contribution in [3.8, 4) is 0 Å². The summed E-state index contributed by atoms with van der Waals surface area (Å²) in [6.07, 6.45) is 0.921. The van der Waals surface area contributed by atoms with Gasteiger partial charge in [0.1, 0.15) is 5.76 Å². The maximum atomic E-state index is 12.9. The van der Waals surface area contributed by atoms with E-state index in [4.69, 9.17) is 9.47 Å². The van der Waals surface area contributed by atoms with Crippen molar-refractivity contribution in [3.05, 3.63) is 47.7 Å². The highest BCUT2D eigenvalue weighted by Crippen LogP contribution is 2.43. The van der Waals surface area contributed by atoms with Crippen molar-refractivity contribution in [2.45, 2.75) is 37.9 Å². The third kappa shape index (κ3) is 5.67.